The number of amides is 1. The zero-order valence-electron chi connectivity index (χ0n) is 10.7. The summed E-state index contributed by atoms with van der Waals surface area (Å²) in [6, 6.07) is 2.07. The highest BCUT2D eigenvalue weighted by Crippen LogP contribution is 2.13. The lowest BCUT2D eigenvalue weighted by atomic mass is 10.2. The van der Waals surface area contributed by atoms with Crippen LogP contribution in [0.15, 0.2) is 18.3 Å². The Morgan fingerprint density at radius 2 is 2.32 bits per heavy atom. The molecule has 0 bridgehead atoms. The molecule has 0 aromatic carbocycles. The first kappa shape index (κ1) is 15.3. The first-order valence-corrected chi connectivity index (χ1v) is 6.99. The van der Waals surface area contributed by atoms with Crippen LogP contribution in [0.25, 0.3) is 0 Å². The molecule has 0 saturated heterocycles. The van der Waals surface area contributed by atoms with Gasteiger partial charge in [-0.1, -0.05) is 0 Å². The van der Waals surface area contributed by atoms with Gasteiger partial charge in [0.25, 0.3) is 5.91 Å². The topological polar surface area (TPSA) is 91.3 Å². The number of hydrogen-bond donors (Lipinski definition) is 1. The molecule has 0 aliphatic carbocycles. The first-order valence-electron chi connectivity index (χ1n) is 5.59. The van der Waals surface area contributed by atoms with Crippen LogP contribution in [-0.4, -0.2) is 42.0 Å². The minimum Gasteiger partial charge on any atom is -0.548 e. The number of rotatable bonds is 7. The number of thioether (sulfide) groups is 1. The number of pyridine rings is 1. The summed E-state index contributed by atoms with van der Waals surface area (Å²) >= 11 is 1.50. The fraction of sp³-hybridized carbons (Fsp3) is 0.417. The predicted molar refractivity (Wildman–Crippen MR) is 70.0 cm³/mol. The van der Waals surface area contributed by atoms with E-state index in [0.717, 1.165) is 0 Å². The van der Waals surface area contributed by atoms with Gasteiger partial charge >= 0.3 is 0 Å². The number of carboxylic acids is 1. The molecule has 1 rings (SSSR count). The molecule has 1 atom stereocenters. The Hall–Kier alpha value is -1.76. The Labute approximate surface area is 115 Å². The average molecular weight is 283 g/mol. The summed E-state index contributed by atoms with van der Waals surface area (Å²) in [5, 5.41) is 13.4. The SMILES string of the molecule is COc1ncccc1C(=O)N[C@H](CCSC)C(=O)[O-]. The number of aliphatic carboxylic acids is 1. The standard InChI is InChI=1S/C12H16N2O4S/c1-18-11-8(4-3-6-13-11)10(15)14-9(12(16)17)5-7-19-2/h3-4,6,9H,5,7H2,1-2H3,(H,14,15)(H,16,17)/p-1/t9-/m1/s1. The van der Waals surface area contributed by atoms with Crippen molar-refractivity contribution >= 4 is 23.6 Å². The largest absolute Gasteiger partial charge is 0.548 e. The molecule has 1 aromatic rings. The fourth-order valence-electron chi connectivity index (χ4n) is 1.45. The van der Waals surface area contributed by atoms with E-state index in [4.69, 9.17) is 4.74 Å². The number of ether oxygens (including phenoxy) is 1. The van der Waals surface area contributed by atoms with Crippen molar-refractivity contribution < 1.29 is 19.4 Å². The zero-order chi connectivity index (χ0) is 14.3. The molecule has 19 heavy (non-hydrogen) atoms. The molecule has 0 aliphatic rings. The molecule has 1 N–H and O–H groups in total. The summed E-state index contributed by atoms with van der Waals surface area (Å²) in [6.07, 6.45) is 3.65. The molecule has 7 heteroatoms. The van der Waals surface area contributed by atoms with E-state index < -0.39 is 17.9 Å². The minimum absolute atomic E-state index is 0.155. The summed E-state index contributed by atoms with van der Waals surface area (Å²) in [5.41, 5.74) is 0.195. The van der Waals surface area contributed by atoms with Gasteiger partial charge < -0.3 is 20.0 Å². The van der Waals surface area contributed by atoms with Crippen LogP contribution in [0.4, 0.5) is 0 Å². The lowest BCUT2D eigenvalue weighted by Gasteiger charge is -2.19. The van der Waals surface area contributed by atoms with Gasteiger partial charge in [0.05, 0.1) is 19.1 Å². The number of nitrogens with one attached hydrogen (secondary N) is 1. The molecule has 0 saturated carbocycles. The maximum atomic E-state index is 12.0. The molecular weight excluding hydrogens is 268 g/mol. The first-order chi connectivity index (χ1) is 9.10. The van der Waals surface area contributed by atoms with Crippen LogP contribution in [0, 0.1) is 0 Å². The Bertz CT molecular complexity index is 453. The number of carbonyl (C=O) groups is 2. The number of nitrogens with zero attached hydrogens (tertiary/aromatic N) is 1. The third-order valence-corrected chi connectivity index (χ3v) is 3.05. The molecule has 1 aromatic heterocycles. The Morgan fingerprint density at radius 3 is 2.89 bits per heavy atom. The summed E-state index contributed by atoms with van der Waals surface area (Å²) in [5.74, 6) is -1.07. The van der Waals surface area contributed by atoms with Crippen LogP contribution in [0.1, 0.15) is 16.8 Å². The molecule has 0 aliphatic heterocycles. The average Bonchev–Trinajstić information content (AvgIpc) is 2.42. The quantitative estimate of drug-likeness (QED) is 0.738. The van der Waals surface area contributed by atoms with Crippen LogP contribution in [0.2, 0.25) is 0 Å². The number of aromatic nitrogens is 1. The second-order valence-electron chi connectivity index (χ2n) is 3.69. The monoisotopic (exact) mass is 283 g/mol. The summed E-state index contributed by atoms with van der Waals surface area (Å²) in [6.45, 7) is 0. The van der Waals surface area contributed by atoms with Crippen molar-refractivity contribution in [2.24, 2.45) is 0 Å². The lowest BCUT2D eigenvalue weighted by molar-refractivity contribution is -0.308. The van der Waals surface area contributed by atoms with Gasteiger partial charge in [-0.25, -0.2) is 4.98 Å². The second kappa shape index (κ2) is 7.63. The van der Waals surface area contributed by atoms with Crippen molar-refractivity contribution in [3.05, 3.63) is 23.9 Å². The third kappa shape index (κ3) is 4.44. The lowest BCUT2D eigenvalue weighted by Crippen LogP contribution is -2.48. The Morgan fingerprint density at radius 1 is 1.58 bits per heavy atom. The van der Waals surface area contributed by atoms with Crippen LogP contribution >= 0.6 is 11.8 Å². The summed E-state index contributed by atoms with van der Waals surface area (Å²) < 4.78 is 4.95. The van der Waals surface area contributed by atoms with E-state index in [1.165, 1.54) is 31.1 Å². The van der Waals surface area contributed by atoms with Gasteiger partial charge in [-0.2, -0.15) is 11.8 Å². The third-order valence-electron chi connectivity index (χ3n) is 2.41. The summed E-state index contributed by atoms with van der Waals surface area (Å²) in [7, 11) is 1.39. The van der Waals surface area contributed by atoms with E-state index in [1.54, 1.807) is 6.07 Å². The zero-order valence-corrected chi connectivity index (χ0v) is 11.5. The highest BCUT2D eigenvalue weighted by atomic mass is 32.2. The summed E-state index contributed by atoms with van der Waals surface area (Å²) in [4.78, 5) is 26.8. The molecule has 0 spiro atoms. The highest BCUT2D eigenvalue weighted by molar-refractivity contribution is 7.98. The molecule has 6 nitrogen and oxygen atoms in total. The molecule has 1 heterocycles. The van der Waals surface area contributed by atoms with E-state index in [1.807, 2.05) is 6.26 Å². The maximum absolute atomic E-state index is 12.0. The van der Waals surface area contributed by atoms with Gasteiger partial charge in [0.1, 0.15) is 5.56 Å². The van der Waals surface area contributed by atoms with E-state index >= 15 is 0 Å². The van der Waals surface area contributed by atoms with Crippen molar-refractivity contribution in [3.8, 4) is 5.88 Å². The Balaban J connectivity index is 2.78. The highest BCUT2D eigenvalue weighted by Gasteiger charge is 2.18. The molecule has 1 amide bonds. The fourth-order valence-corrected chi connectivity index (χ4v) is 1.92. The van der Waals surface area contributed by atoms with Crippen LogP contribution < -0.4 is 15.2 Å². The number of carbonyl (C=O) groups excluding carboxylic acids is 2. The van der Waals surface area contributed by atoms with Gasteiger partial charge in [0.15, 0.2) is 0 Å². The van der Waals surface area contributed by atoms with E-state index in [2.05, 4.69) is 10.3 Å². The van der Waals surface area contributed by atoms with E-state index in [-0.39, 0.29) is 11.4 Å². The van der Waals surface area contributed by atoms with Gasteiger partial charge in [0, 0.05) is 6.20 Å². The van der Waals surface area contributed by atoms with Crippen molar-refractivity contribution in [1.82, 2.24) is 10.3 Å². The maximum Gasteiger partial charge on any atom is 0.257 e. The normalized spacial score (nSPS) is 11.7. The molecular formula is C12H15N2O4S-. The Kier molecular flexibility index (Phi) is 6.14. The van der Waals surface area contributed by atoms with Crippen LogP contribution in [0.3, 0.4) is 0 Å². The van der Waals surface area contributed by atoms with Gasteiger partial charge in [0.2, 0.25) is 5.88 Å². The number of hydrogen-bond acceptors (Lipinski definition) is 6. The van der Waals surface area contributed by atoms with Gasteiger partial charge in [-0.05, 0) is 30.6 Å². The van der Waals surface area contributed by atoms with E-state index in [9.17, 15) is 14.7 Å². The smallest absolute Gasteiger partial charge is 0.257 e. The van der Waals surface area contributed by atoms with Crippen molar-refractivity contribution in [1.29, 1.82) is 0 Å². The number of carboxylic acid groups (broad SMARTS) is 1. The van der Waals surface area contributed by atoms with Crippen LogP contribution in [0.5, 0.6) is 5.88 Å². The van der Waals surface area contributed by atoms with Crippen molar-refractivity contribution in [2.75, 3.05) is 19.1 Å². The molecule has 0 radical (unpaired) electrons. The van der Waals surface area contributed by atoms with Crippen LogP contribution in [-0.2, 0) is 4.79 Å². The predicted octanol–water partition coefficient (Wildman–Crippen LogP) is -0.308. The van der Waals surface area contributed by atoms with E-state index in [0.29, 0.717) is 12.2 Å². The molecule has 0 unspecified atom stereocenters. The second-order valence-corrected chi connectivity index (χ2v) is 4.67. The van der Waals surface area contributed by atoms with Gasteiger partial charge in [-0.15, -0.1) is 0 Å². The number of methoxy groups -OCH3 is 1. The molecule has 0 fully saturated rings. The minimum atomic E-state index is -1.30. The van der Waals surface area contributed by atoms with Crippen molar-refractivity contribution in [2.45, 2.75) is 12.5 Å². The van der Waals surface area contributed by atoms with Crippen molar-refractivity contribution in [3.63, 3.8) is 0 Å². The molecule has 104 valence electrons. The van der Waals surface area contributed by atoms with Gasteiger partial charge in [-0.3, -0.25) is 4.79 Å².